The Hall–Kier alpha value is -1.10. The second kappa shape index (κ2) is 35.7. The van der Waals surface area contributed by atoms with Crippen LogP contribution in [0.2, 0.25) is 0 Å². The average Bonchev–Trinajstić information content (AvgIpc) is 3.02. The van der Waals surface area contributed by atoms with Gasteiger partial charge < -0.3 is 10.8 Å². The third-order valence-electron chi connectivity index (χ3n) is 9.72. The summed E-state index contributed by atoms with van der Waals surface area (Å²) in [6, 6.07) is -0.782. The van der Waals surface area contributed by atoms with Gasteiger partial charge in [0.05, 0.1) is 6.42 Å². The standard InChI is InChI=1S/C40H80N2O3/c1-3-5-7-9-11-13-15-17-19-21-23-25-27-29-31-33-35-42(38(40(44)45)37-39(41)43)36-34-32-30-28-26-24-22-20-18-16-14-12-10-8-6-4-2/h38H,3-37H2,1-2H3,(H2,41,43)(H,44,45). The van der Waals surface area contributed by atoms with Crippen LogP contribution in [0.3, 0.4) is 0 Å². The van der Waals surface area contributed by atoms with Gasteiger partial charge in [-0.1, -0.05) is 206 Å². The number of primary amides is 1. The molecule has 0 aromatic heterocycles. The lowest BCUT2D eigenvalue weighted by atomic mass is 10.0. The van der Waals surface area contributed by atoms with E-state index >= 15 is 0 Å². The second-order valence-corrected chi connectivity index (χ2v) is 14.2. The Labute approximate surface area is 281 Å². The van der Waals surface area contributed by atoms with Crippen molar-refractivity contribution in [2.45, 2.75) is 232 Å². The fraction of sp³-hybridized carbons (Fsp3) is 0.950. The van der Waals surface area contributed by atoms with E-state index in [-0.39, 0.29) is 6.42 Å². The topological polar surface area (TPSA) is 83.6 Å². The highest BCUT2D eigenvalue weighted by molar-refractivity contribution is 5.83. The molecule has 0 saturated heterocycles. The zero-order chi connectivity index (χ0) is 33.1. The zero-order valence-corrected chi connectivity index (χ0v) is 30.6. The lowest BCUT2D eigenvalue weighted by molar-refractivity contribution is -0.145. The summed E-state index contributed by atoms with van der Waals surface area (Å²) in [7, 11) is 0. The number of aliphatic carboxylic acids is 1. The molecule has 0 spiro atoms. The molecular weight excluding hydrogens is 556 g/mol. The van der Waals surface area contributed by atoms with Gasteiger partial charge in [-0.15, -0.1) is 0 Å². The summed E-state index contributed by atoms with van der Waals surface area (Å²) in [5, 5.41) is 9.81. The maximum absolute atomic E-state index is 12.0. The van der Waals surface area contributed by atoms with Gasteiger partial charge in [-0.2, -0.15) is 0 Å². The van der Waals surface area contributed by atoms with Crippen LogP contribution in [0, 0.1) is 0 Å². The van der Waals surface area contributed by atoms with Gasteiger partial charge in [-0.3, -0.25) is 14.5 Å². The van der Waals surface area contributed by atoms with E-state index in [1.54, 1.807) is 0 Å². The highest BCUT2D eigenvalue weighted by Gasteiger charge is 2.26. The quantitative estimate of drug-likeness (QED) is 0.0660. The maximum Gasteiger partial charge on any atom is 0.321 e. The number of amides is 1. The first-order chi connectivity index (χ1) is 22.0. The number of carbonyl (C=O) groups is 2. The number of hydrogen-bond donors (Lipinski definition) is 2. The van der Waals surface area contributed by atoms with Crippen molar-refractivity contribution in [3.05, 3.63) is 0 Å². The van der Waals surface area contributed by atoms with Gasteiger partial charge in [-0.25, -0.2) is 0 Å². The SMILES string of the molecule is CCCCCCCCCCCCCCCCCCN(CCCCCCCCCCCCCCCCCC)C(CC(N)=O)C(=O)O. The van der Waals surface area contributed by atoms with E-state index < -0.39 is 17.9 Å². The van der Waals surface area contributed by atoms with Crippen molar-refractivity contribution >= 4 is 11.9 Å². The number of carboxylic acid groups (broad SMARTS) is 1. The molecule has 1 atom stereocenters. The minimum Gasteiger partial charge on any atom is -0.480 e. The second-order valence-electron chi connectivity index (χ2n) is 14.2. The summed E-state index contributed by atoms with van der Waals surface area (Å²) in [4.78, 5) is 25.6. The molecule has 0 aromatic rings. The van der Waals surface area contributed by atoms with E-state index in [4.69, 9.17) is 5.73 Å². The summed E-state index contributed by atoms with van der Waals surface area (Å²) in [6.45, 7) is 6.06. The van der Waals surface area contributed by atoms with Crippen LogP contribution in [0.15, 0.2) is 0 Å². The van der Waals surface area contributed by atoms with Crippen molar-refractivity contribution in [3.63, 3.8) is 0 Å². The predicted molar refractivity (Wildman–Crippen MR) is 196 cm³/mol. The monoisotopic (exact) mass is 637 g/mol. The lowest BCUT2D eigenvalue weighted by Gasteiger charge is -2.28. The Morgan fingerprint density at radius 3 is 0.867 bits per heavy atom. The van der Waals surface area contributed by atoms with E-state index in [9.17, 15) is 14.7 Å². The van der Waals surface area contributed by atoms with E-state index in [0.29, 0.717) is 0 Å². The molecule has 0 aromatic carbocycles. The molecule has 0 saturated carbocycles. The minimum atomic E-state index is -0.915. The molecular formula is C40H80N2O3. The Kier molecular flexibility index (Phi) is 34.9. The summed E-state index contributed by atoms with van der Waals surface area (Å²) in [5.41, 5.74) is 5.42. The number of hydrogen-bond acceptors (Lipinski definition) is 3. The number of unbranched alkanes of at least 4 members (excludes halogenated alkanes) is 30. The molecule has 5 heteroatoms. The molecule has 0 aliphatic rings. The van der Waals surface area contributed by atoms with Crippen LogP contribution < -0.4 is 5.73 Å². The molecule has 1 amide bonds. The Balaban J connectivity index is 3.91. The van der Waals surface area contributed by atoms with Gasteiger partial charge in [0.1, 0.15) is 6.04 Å². The third-order valence-corrected chi connectivity index (χ3v) is 9.72. The molecule has 45 heavy (non-hydrogen) atoms. The van der Waals surface area contributed by atoms with Gasteiger partial charge in [0.25, 0.3) is 0 Å². The van der Waals surface area contributed by atoms with Gasteiger partial charge in [-0.05, 0) is 25.9 Å². The molecule has 0 bridgehead atoms. The van der Waals surface area contributed by atoms with Gasteiger partial charge in [0, 0.05) is 0 Å². The molecule has 0 radical (unpaired) electrons. The molecule has 0 aliphatic heterocycles. The third kappa shape index (κ3) is 32.6. The van der Waals surface area contributed by atoms with Gasteiger partial charge in [0.2, 0.25) is 5.91 Å². The summed E-state index contributed by atoms with van der Waals surface area (Å²) < 4.78 is 0. The number of carboxylic acids is 1. The predicted octanol–water partition coefficient (Wildman–Crippen LogP) is 12.1. The number of nitrogens with two attached hydrogens (primary N) is 1. The van der Waals surface area contributed by atoms with Crippen molar-refractivity contribution in [3.8, 4) is 0 Å². The molecule has 0 rings (SSSR count). The first-order valence-electron chi connectivity index (χ1n) is 20.3. The first kappa shape index (κ1) is 43.9. The van der Waals surface area contributed by atoms with Crippen molar-refractivity contribution in [1.82, 2.24) is 4.90 Å². The van der Waals surface area contributed by atoms with Gasteiger partial charge >= 0.3 is 5.97 Å². The molecule has 0 aliphatic carbocycles. The number of rotatable bonds is 38. The Morgan fingerprint density at radius 1 is 0.444 bits per heavy atom. The molecule has 0 fully saturated rings. The van der Waals surface area contributed by atoms with Crippen LogP contribution in [0.5, 0.6) is 0 Å². The van der Waals surface area contributed by atoms with E-state index in [1.807, 2.05) is 4.90 Å². The fourth-order valence-electron chi connectivity index (χ4n) is 6.71. The highest BCUT2D eigenvalue weighted by Crippen LogP contribution is 2.17. The zero-order valence-electron chi connectivity index (χ0n) is 30.6. The molecule has 5 nitrogen and oxygen atoms in total. The van der Waals surface area contributed by atoms with Crippen LogP contribution in [0.25, 0.3) is 0 Å². The van der Waals surface area contributed by atoms with Crippen molar-refractivity contribution < 1.29 is 14.7 Å². The Bertz CT molecular complexity index is 591. The fourth-order valence-corrected chi connectivity index (χ4v) is 6.71. The number of carbonyl (C=O) groups excluding carboxylic acids is 1. The highest BCUT2D eigenvalue weighted by atomic mass is 16.4. The van der Waals surface area contributed by atoms with Crippen LogP contribution in [0.4, 0.5) is 0 Å². The normalized spacial score (nSPS) is 12.2. The first-order valence-corrected chi connectivity index (χ1v) is 20.3. The van der Waals surface area contributed by atoms with Crippen LogP contribution >= 0.6 is 0 Å². The smallest absolute Gasteiger partial charge is 0.321 e. The average molecular weight is 637 g/mol. The number of nitrogens with zero attached hydrogens (tertiary/aromatic N) is 1. The van der Waals surface area contributed by atoms with Crippen LogP contribution in [-0.2, 0) is 9.59 Å². The molecule has 1 unspecified atom stereocenters. The van der Waals surface area contributed by atoms with Gasteiger partial charge in [0.15, 0.2) is 0 Å². The van der Waals surface area contributed by atoms with Crippen molar-refractivity contribution in [1.29, 1.82) is 0 Å². The lowest BCUT2D eigenvalue weighted by Crippen LogP contribution is -2.44. The maximum atomic E-state index is 12.0. The molecule has 0 heterocycles. The van der Waals surface area contributed by atoms with Crippen molar-refractivity contribution in [2.24, 2.45) is 5.73 Å². The van der Waals surface area contributed by atoms with E-state index in [0.717, 1.165) is 38.8 Å². The Morgan fingerprint density at radius 2 is 0.667 bits per heavy atom. The summed E-state index contributed by atoms with van der Waals surface area (Å²) >= 11 is 0. The molecule has 3 N–H and O–H groups in total. The van der Waals surface area contributed by atoms with Crippen LogP contribution in [-0.4, -0.2) is 41.0 Å². The molecule has 268 valence electrons. The van der Waals surface area contributed by atoms with Crippen molar-refractivity contribution in [2.75, 3.05) is 13.1 Å². The van der Waals surface area contributed by atoms with Crippen LogP contribution in [0.1, 0.15) is 226 Å². The largest absolute Gasteiger partial charge is 0.480 e. The minimum absolute atomic E-state index is 0.0902. The summed E-state index contributed by atoms with van der Waals surface area (Å²) in [6.07, 6.45) is 42.5. The summed E-state index contributed by atoms with van der Waals surface area (Å²) in [5.74, 6) is -1.44. The van der Waals surface area contributed by atoms with E-state index in [2.05, 4.69) is 13.8 Å². The van der Waals surface area contributed by atoms with E-state index in [1.165, 1.54) is 180 Å².